The van der Waals surface area contributed by atoms with Gasteiger partial charge in [0.2, 0.25) is 10.0 Å². The molecule has 4 rings (SSSR count). The highest BCUT2D eigenvalue weighted by Gasteiger charge is 2.31. The number of carbonyl (C=O) groups is 1. The van der Waals surface area contributed by atoms with E-state index >= 15 is 0 Å². The molecular formula is C19H18N4O5S3. The number of carbonyl (C=O) groups excluding carboxylic acids is 1. The molecule has 3 heterocycles. The van der Waals surface area contributed by atoms with Crippen LogP contribution in [0.25, 0.3) is 11.4 Å². The number of pyridine rings is 1. The van der Waals surface area contributed by atoms with Crippen molar-refractivity contribution in [2.24, 2.45) is 0 Å². The Morgan fingerprint density at radius 3 is 2.52 bits per heavy atom. The number of nitrogens with zero attached hydrogens (tertiary/aromatic N) is 2. The van der Waals surface area contributed by atoms with Crippen molar-refractivity contribution in [2.45, 2.75) is 17.4 Å². The molecule has 1 fully saturated rings. The predicted molar refractivity (Wildman–Crippen MR) is 117 cm³/mol. The molecule has 2 aromatic heterocycles. The van der Waals surface area contributed by atoms with Gasteiger partial charge in [0.25, 0.3) is 5.91 Å². The van der Waals surface area contributed by atoms with E-state index in [0.29, 0.717) is 16.5 Å². The predicted octanol–water partition coefficient (Wildman–Crippen LogP) is 1.92. The number of sulfonamides is 1. The summed E-state index contributed by atoms with van der Waals surface area (Å²) in [6.07, 6.45) is 1.90. The van der Waals surface area contributed by atoms with Crippen molar-refractivity contribution in [3.63, 3.8) is 0 Å². The normalized spacial score (nSPS) is 18.0. The minimum Gasteiger partial charge on any atom is -0.298 e. The number of benzene rings is 1. The molecule has 31 heavy (non-hydrogen) atoms. The second-order valence-electron chi connectivity index (χ2n) is 6.95. The van der Waals surface area contributed by atoms with Gasteiger partial charge in [0, 0.05) is 23.2 Å². The molecule has 12 heteroatoms. The zero-order valence-corrected chi connectivity index (χ0v) is 18.5. The van der Waals surface area contributed by atoms with Crippen LogP contribution in [0.15, 0.2) is 58.9 Å². The van der Waals surface area contributed by atoms with Crippen LogP contribution in [0.4, 0.5) is 5.13 Å². The molecule has 3 aromatic rings. The van der Waals surface area contributed by atoms with Gasteiger partial charge in [0.05, 0.1) is 22.1 Å². The summed E-state index contributed by atoms with van der Waals surface area (Å²) in [4.78, 5) is 21.0. The first-order chi connectivity index (χ1) is 14.7. The highest BCUT2D eigenvalue weighted by molar-refractivity contribution is 7.92. The van der Waals surface area contributed by atoms with Crippen LogP contribution in [0.5, 0.6) is 0 Å². The van der Waals surface area contributed by atoms with Crippen molar-refractivity contribution in [3.8, 4) is 11.4 Å². The molecule has 0 saturated carbocycles. The van der Waals surface area contributed by atoms with E-state index in [9.17, 15) is 21.6 Å². The van der Waals surface area contributed by atoms with Gasteiger partial charge in [-0.3, -0.25) is 15.1 Å². The van der Waals surface area contributed by atoms with Crippen LogP contribution in [0.2, 0.25) is 0 Å². The van der Waals surface area contributed by atoms with Crippen molar-refractivity contribution in [1.29, 1.82) is 0 Å². The molecule has 1 aliphatic heterocycles. The van der Waals surface area contributed by atoms with Crippen LogP contribution < -0.4 is 10.0 Å². The number of sulfone groups is 1. The van der Waals surface area contributed by atoms with Gasteiger partial charge in [0.1, 0.15) is 5.69 Å². The highest BCUT2D eigenvalue weighted by atomic mass is 32.2. The average Bonchev–Trinajstić information content (AvgIpc) is 3.34. The Morgan fingerprint density at radius 2 is 1.87 bits per heavy atom. The summed E-state index contributed by atoms with van der Waals surface area (Å²) in [5.74, 6) is -0.667. The molecule has 0 spiro atoms. The molecule has 0 aliphatic carbocycles. The van der Waals surface area contributed by atoms with E-state index in [4.69, 9.17) is 0 Å². The van der Waals surface area contributed by atoms with E-state index in [2.05, 4.69) is 20.0 Å². The first-order valence-corrected chi connectivity index (χ1v) is 13.4. The number of nitrogens with one attached hydrogen (secondary N) is 2. The Kier molecular flexibility index (Phi) is 5.88. The monoisotopic (exact) mass is 478 g/mol. The molecule has 1 atom stereocenters. The minimum atomic E-state index is -3.89. The molecule has 9 nitrogen and oxygen atoms in total. The maximum Gasteiger partial charge on any atom is 0.257 e. The summed E-state index contributed by atoms with van der Waals surface area (Å²) < 4.78 is 50.4. The van der Waals surface area contributed by atoms with Crippen molar-refractivity contribution < 1.29 is 21.6 Å². The first kappa shape index (κ1) is 21.6. The number of hydrogen-bond donors (Lipinski definition) is 2. The maximum atomic E-state index is 12.5. The number of rotatable bonds is 6. The Bertz CT molecular complexity index is 1300. The quantitative estimate of drug-likeness (QED) is 0.552. The summed E-state index contributed by atoms with van der Waals surface area (Å²) in [5, 5.41) is 4.86. The number of aromatic nitrogens is 2. The fourth-order valence-corrected chi connectivity index (χ4v) is 6.84. The Morgan fingerprint density at radius 1 is 1.10 bits per heavy atom. The third-order valence-electron chi connectivity index (χ3n) is 4.63. The summed E-state index contributed by atoms with van der Waals surface area (Å²) >= 11 is 1.25. The van der Waals surface area contributed by atoms with Crippen molar-refractivity contribution >= 4 is 42.2 Å². The molecule has 0 unspecified atom stereocenters. The third kappa shape index (κ3) is 5.15. The molecule has 162 valence electrons. The molecule has 1 amide bonds. The highest BCUT2D eigenvalue weighted by Crippen LogP contribution is 2.24. The number of anilines is 1. The third-order valence-corrected chi connectivity index (χ3v) is 8.70. The van der Waals surface area contributed by atoms with Gasteiger partial charge in [-0.25, -0.2) is 26.5 Å². The standard InChI is InChI=1S/C19H18N4O5S3/c24-18(22-19-21-17(11-29-19)16-3-1-2-9-20-16)13-4-6-15(7-5-13)31(27,28)23-14-8-10-30(25,26)12-14/h1-7,9,11,14,23H,8,10,12H2,(H,21,22,24)/t14-/m0/s1. The Balaban J connectivity index is 1.42. The van der Waals surface area contributed by atoms with Crippen LogP contribution in [-0.4, -0.2) is 50.3 Å². The van der Waals surface area contributed by atoms with Gasteiger partial charge in [-0.1, -0.05) is 6.07 Å². The molecule has 1 aliphatic rings. The number of amides is 1. The van der Waals surface area contributed by atoms with Gasteiger partial charge >= 0.3 is 0 Å². The van der Waals surface area contributed by atoms with E-state index in [0.717, 1.165) is 0 Å². The first-order valence-electron chi connectivity index (χ1n) is 9.23. The lowest BCUT2D eigenvalue weighted by molar-refractivity contribution is 0.102. The summed E-state index contributed by atoms with van der Waals surface area (Å²) in [5.41, 5.74) is 1.59. The Hall–Kier alpha value is -2.67. The molecule has 0 radical (unpaired) electrons. The summed E-state index contributed by atoms with van der Waals surface area (Å²) in [6.45, 7) is 0. The molecule has 1 aromatic carbocycles. The second-order valence-corrected chi connectivity index (χ2v) is 11.8. The van der Waals surface area contributed by atoms with Gasteiger partial charge < -0.3 is 0 Å². The van der Waals surface area contributed by atoms with E-state index in [1.54, 1.807) is 17.6 Å². The lowest BCUT2D eigenvalue weighted by atomic mass is 10.2. The summed E-state index contributed by atoms with van der Waals surface area (Å²) in [6, 6.07) is 10.2. The summed E-state index contributed by atoms with van der Waals surface area (Å²) in [7, 11) is -7.09. The van der Waals surface area contributed by atoms with Crippen LogP contribution >= 0.6 is 11.3 Å². The van der Waals surface area contributed by atoms with Crippen LogP contribution in [0, 0.1) is 0 Å². The van der Waals surface area contributed by atoms with Crippen LogP contribution in [-0.2, 0) is 19.9 Å². The zero-order valence-electron chi connectivity index (χ0n) is 16.1. The number of hydrogen-bond acceptors (Lipinski definition) is 8. The van der Waals surface area contributed by atoms with Crippen molar-refractivity contribution in [3.05, 3.63) is 59.6 Å². The van der Waals surface area contributed by atoms with Crippen LogP contribution in [0.3, 0.4) is 0 Å². The van der Waals surface area contributed by atoms with E-state index in [-0.39, 0.29) is 28.4 Å². The molecular weight excluding hydrogens is 460 g/mol. The SMILES string of the molecule is O=C(Nc1nc(-c2ccccn2)cs1)c1ccc(S(=O)(=O)N[C@H]2CCS(=O)(=O)C2)cc1. The second kappa shape index (κ2) is 8.46. The molecule has 1 saturated heterocycles. The average molecular weight is 479 g/mol. The number of thiazole rings is 1. The largest absolute Gasteiger partial charge is 0.298 e. The van der Waals surface area contributed by atoms with Crippen LogP contribution in [0.1, 0.15) is 16.8 Å². The smallest absolute Gasteiger partial charge is 0.257 e. The zero-order chi connectivity index (χ0) is 22.1. The fraction of sp³-hybridized carbons (Fsp3) is 0.211. The Labute approximate surface area is 183 Å². The fourth-order valence-electron chi connectivity index (χ4n) is 3.09. The van der Waals surface area contributed by atoms with E-state index in [1.165, 1.54) is 35.6 Å². The van der Waals surface area contributed by atoms with Gasteiger partial charge in [-0.15, -0.1) is 11.3 Å². The van der Waals surface area contributed by atoms with Crippen molar-refractivity contribution in [2.75, 3.05) is 16.8 Å². The van der Waals surface area contributed by atoms with E-state index < -0.39 is 31.8 Å². The molecule has 0 bridgehead atoms. The lowest BCUT2D eigenvalue weighted by Gasteiger charge is -2.12. The maximum absolute atomic E-state index is 12.5. The lowest BCUT2D eigenvalue weighted by Crippen LogP contribution is -2.35. The molecule has 2 N–H and O–H groups in total. The minimum absolute atomic E-state index is 0.0297. The van der Waals surface area contributed by atoms with E-state index in [1.807, 2.05) is 12.1 Å². The van der Waals surface area contributed by atoms with Gasteiger partial charge in [-0.2, -0.15) is 0 Å². The van der Waals surface area contributed by atoms with Gasteiger partial charge in [0.15, 0.2) is 15.0 Å². The van der Waals surface area contributed by atoms with Crippen molar-refractivity contribution in [1.82, 2.24) is 14.7 Å². The van der Waals surface area contributed by atoms with Gasteiger partial charge in [-0.05, 0) is 42.8 Å². The topological polar surface area (TPSA) is 135 Å².